The summed E-state index contributed by atoms with van der Waals surface area (Å²) in [6.45, 7) is 5.29. The van der Waals surface area contributed by atoms with Crippen LogP contribution in [0.15, 0.2) is 18.2 Å². The van der Waals surface area contributed by atoms with Crippen molar-refractivity contribution in [2.75, 3.05) is 36.5 Å². The smallest absolute Gasteiger partial charge is 0.257 e. The lowest BCUT2D eigenvalue weighted by Gasteiger charge is -2.33. The molecule has 0 radical (unpaired) electrons. The highest BCUT2D eigenvalue weighted by atomic mass is 35.5. The number of carbonyl (C=O) groups is 2. The third-order valence-corrected chi connectivity index (χ3v) is 5.74. The number of ether oxygens (including phenoxy) is 1. The molecule has 0 spiro atoms. The molecule has 0 aliphatic carbocycles. The van der Waals surface area contributed by atoms with Crippen LogP contribution in [0.25, 0.3) is 0 Å². The van der Waals surface area contributed by atoms with Gasteiger partial charge in [-0.25, -0.2) is 0 Å². The molecule has 2 saturated heterocycles. The van der Waals surface area contributed by atoms with Crippen LogP contribution in [0, 0.1) is 5.92 Å². The Morgan fingerprint density at radius 3 is 2.64 bits per heavy atom. The van der Waals surface area contributed by atoms with Gasteiger partial charge in [-0.15, -0.1) is 0 Å². The maximum atomic E-state index is 12.9. The first-order chi connectivity index (χ1) is 13.4. The number of rotatable bonds is 6. The SMILES string of the molecule is CC1CCN(c2ccc(NC(=O)C(Cl)Cl)cc2C(=O)NCC2CCCO2)CC1. The summed E-state index contributed by atoms with van der Waals surface area (Å²) in [6, 6.07) is 5.34. The van der Waals surface area contributed by atoms with Gasteiger partial charge in [0.15, 0.2) is 4.84 Å². The molecule has 2 N–H and O–H groups in total. The monoisotopic (exact) mass is 427 g/mol. The largest absolute Gasteiger partial charge is 0.376 e. The average molecular weight is 428 g/mol. The van der Waals surface area contributed by atoms with Gasteiger partial charge in [0.25, 0.3) is 11.8 Å². The van der Waals surface area contributed by atoms with E-state index in [1.165, 1.54) is 0 Å². The molecule has 8 heteroatoms. The highest BCUT2D eigenvalue weighted by molar-refractivity contribution is 6.54. The standard InChI is InChI=1S/C20H27Cl2N3O3/c1-13-6-8-25(9-7-13)17-5-4-14(24-20(27)18(21)22)11-16(17)19(26)23-12-15-3-2-10-28-15/h4-5,11,13,15,18H,2-3,6-10,12H2,1H3,(H,23,26)(H,24,27). The summed E-state index contributed by atoms with van der Waals surface area (Å²) in [5, 5.41) is 5.62. The first-order valence-corrected chi connectivity index (χ1v) is 10.7. The van der Waals surface area contributed by atoms with E-state index in [0.717, 1.165) is 51.1 Å². The van der Waals surface area contributed by atoms with E-state index in [0.29, 0.717) is 23.7 Å². The van der Waals surface area contributed by atoms with E-state index in [1.807, 2.05) is 6.07 Å². The molecule has 1 unspecified atom stereocenters. The van der Waals surface area contributed by atoms with Gasteiger partial charge in [-0.2, -0.15) is 0 Å². The van der Waals surface area contributed by atoms with Crippen LogP contribution < -0.4 is 15.5 Å². The van der Waals surface area contributed by atoms with Crippen LogP contribution in [0.4, 0.5) is 11.4 Å². The Hall–Kier alpha value is -1.50. The maximum Gasteiger partial charge on any atom is 0.257 e. The molecule has 0 saturated carbocycles. The summed E-state index contributed by atoms with van der Waals surface area (Å²) in [7, 11) is 0. The lowest BCUT2D eigenvalue weighted by atomic mass is 9.97. The number of alkyl halides is 2. The zero-order chi connectivity index (χ0) is 20.1. The summed E-state index contributed by atoms with van der Waals surface area (Å²) in [6.07, 6.45) is 4.24. The van der Waals surface area contributed by atoms with E-state index in [9.17, 15) is 9.59 Å². The molecule has 2 fully saturated rings. The topological polar surface area (TPSA) is 70.7 Å². The molecule has 28 heavy (non-hydrogen) atoms. The van der Waals surface area contributed by atoms with Crippen molar-refractivity contribution in [1.29, 1.82) is 0 Å². The van der Waals surface area contributed by atoms with Crippen molar-refractivity contribution in [1.82, 2.24) is 5.32 Å². The molecule has 1 aromatic rings. The van der Waals surface area contributed by atoms with Crippen molar-refractivity contribution in [3.05, 3.63) is 23.8 Å². The minimum absolute atomic E-state index is 0.0689. The molecule has 2 heterocycles. The van der Waals surface area contributed by atoms with Crippen molar-refractivity contribution >= 4 is 46.4 Å². The Balaban J connectivity index is 1.78. The van der Waals surface area contributed by atoms with Crippen molar-refractivity contribution in [3.63, 3.8) is 0 Å². The fourth-order valence-electron chi connectivity index (χ4n) is 3.62. The summed E-state index contributed by atoms with van der Waals surface area (Å²) in [4.78, 5) is 25.8. The quantitative estimate of drug-likeness (QED) is 0.680. The number of piperidine rings is 1. The second-order valence-electron chi connectivity index (χ2n) is 7.54. The lowest BCUT2D eigenvalue weighted by Crippen LogP contribution is -2.36. The van der Waals surface area contributed by atoms with E-state index in [4.69, 9.17) is 27.9 Å². The first-order valence-electron chi connectivity index (χ1n) is 9.82. The molecule has 2 amide bonds. The van der Waals surface area contributed by atoms with Gasteiger partial charge in [-0.3, -0.25) is 9.59 Å². The Kier molecular flexibility index (Phi) is 7.43. The Morgan fingerprint density at radius 1 is 1.25 bits per heavy atom. The van der Waals surface area contributed by atoms with E-state index >= 15 is 0 Å². The molecular formula is C20H27Cl2N3O3. The van der Waals surface area contributed by atoms with Gasteiger partial charge in [-0.05, 0) is 49.8 Å². The van der Waals surface area contributed by atoms with Crippen LogP contribution in [0.5, 0.6) is 0 Å². The van der Waals surface area contributed by atoms with Crippen LogP contribution in [0.2, 0.25) is 0 Å². The van der Waals surface area contributed by atoms with Crippen molar-refractivity contribution in [3.8, 4) is 0 Å². The van der Waals surface area contributed by atoms with Crippen LogP contribution in [-0.2, 0) is 9.53 Å². The van der Waals surface area contributed by atoms with Crippen LogP contribution >= 0.6 is 23.2 Å². The van der Waals surface area contributed by atoms with Gasteiger partial charge in [0.05, 0.1) is 11.7 Å². The maximum absolute atomic E-state index is 12.9. The third kappa shape index (κ3) is 5.52. The van der Waals surface area contributed by atoms with Gasteiger partial charge in [0.1, 0.15) is 0 Å². The number of hydrogen-bond acceptors (Lipinski definition) is 4. The molecule has 1 aromatic carbocycles. The number of anilines is 2. The fourth-order valence-corrected chi connectivity index (χ4v) is 3.73. The Labute approximate surface area is 175 Å². The minimum atomic E-state index is -1.17. The number of carbonyl (C=O) groups excluding carboxylic acids is 2. The number of halogens is 2. The summed E-state index contributed by atoms with van der Waals surface area (Å²) < 4.78 is 5.59. The highest BCUT2D eigenvalue weighted by Gasteiger charge is 2.23. The normalized spacial score (nSPS) is 20.4. The van der Waals surface area contributed by atoms with Gasteiger partial charge >= 0.3 is 0 Å². The van der Waals surface area contributed by atoms with Gasteiger partial charge in [0, 0.05) is 37.6 Å². The summed E-state index contributed by atoms with van der Waals surface area (Å²) in [5.74, 6) is -0.00177. The summed E-state index contributed by atoms with van der Waals surface area (Å²) >= 11 is 11.2. The highest BCUT2D eigenvalue weighted by Crippen LogP contribution is 2.29. The number of nitrogens with one attached hydrogen (secondary N) is 2. The molecule has 0 aromatic heterocycles. The molecule has 154 valence electrons. The lowest BCUT2D eigenvalue weighted by molar-refractivity contribution is -0.114. The van der Waals surface area contributed by atoms with Crippen molar-refractivity contribution < 1.29 is 14.3 Å². The molecule has 2 aliphatic heterocycles. The van der Waals surface area contributed by atoms with Gasteiger partial charge < -0.3 is 20.3 Å². The molecular weight excluding hydrogens is 401 g/mol. The molecule has 2 aliphatic rings. The predicted octanol–water partition coefficient (Wildman–Crippen LogP) is 3.57. The molecule has 1 atom stereocenters. The van der Waals surface area contributed by atoms with Gasteiger partial charge in [-0.1, -0.05) is 30.1 Å². The Morgan fingerprint density at radius 2 is 2.00 bits per heavy atom. The van der Waals surface area contributed by atoms with Crippen molar-refractivity contribution in [2.45, 2.75) is 43.5 Å². The second kappa shape index (κ2) is 9.81. The minimum Gasteiger partial charge on any atom is -0.376 e. The number of hydrogen-bond donors (Lipinski definition) is 2. The van der Waals surface area contributed by atoms with E-state index in [1.54, 1.807) is 12.1 Å². The summed E-state index contributed by atoms with van der Waals surface area (Å²) in [5.41, 5.74) is 1.90. The second-order valence-corrected chi connectivity index (χ2v) is 8.63. The Bertz CT molecular complexity index is 700. The van der Waals surface area contributed by atoms with E-state index < -0.39 is 10.7 Å². The molecule has 6 nitrogen and oxygen atoms in total. The van der Waals surface area contributed by atoms with E-state index in [2.05, 4.69) is 22.5 Å². The van der Waals surface area contributed by atoms with Gasteiger partial charge in [0.2, 0.25) is 0 Å². The van der Waals surface area contributed by atoms with Crippen molar-refractivity contribution in [2.24, 2.45) is 5.92 Å². The number of benzene rings is 1. The van der Waals surface area contributed by atoms with Crippen LogP contribution in [0.1, 0.15) is 43.0 Å². The van der Waals surface area contributed by atoms with Crippen LogP contribution in [-0.4, -0.2) is 49.0 Å². The average Bonchev–Trinajstić information content (AvgIpc) is 3.20. The van der Waals surface area contributed by atoms with Crippen LogP contribution in [0.3, 0.4) is 0 Å². The zero-order valence-corrected chi connectivity index (χ0v) is 17.6. The molecule has 0 bridgehead atoms. The number of amides is 2. The van der Waals surface area contributed by atoms with E-state index in [-0.39, 0.29) is 12.0 Å². The third-order valence-electron chi connectivity index (χ3n) is 5.35. The predicted molar refractivity (Wildman–Crippen MR) is 112 cm³/mol. The number of nitrogens with zero attached hydrogens (tertiary/aromatic N) is 1. The zero-order valence-electron chi connectivity index (χ0n) is 16.0. The first kappa shape index (κ1) is 21.2. The molecule has 3 rings (SSSR count). The fraction of sp³-hybridized carbons (Fsp3) is 0.600.